The number of morpholine rings is 1. The number of furan rings is 1. The van der Waals surface area contributed by atoms with Crippen molar-refractivity contribution in [3.63, 3.8) is 0 Å². The lowest BCUT2D eigenvalue weighted by Crippen LogP contribution is -2.54. The highest BCUT2D eigenvalue weighted by Crippen LogP contribution is 2.08. The van der Waals surface area contributed by atoms with E-state index in [2.05, 4.69) is 5.32 Å². The van der Waals surface area contributed by atoms with Crippen LogP contribution in [0.2, 0.25) is 0 Å². The predicted molar refractivity (Wildman–Crippen MR) is 69.6 cm³/mol. The smallest absolute Gasteiger partial charge is 0.334 e. The first kappa shape index (κ1) is 15.0. The second kappa shape index (κ2) is 6.40. The molecule has 0 spiro atoms. The van der Waals surface area contributed by atoms with Gasteiger partial charge in [-0.15, -0.1) is 0 Å². The van der Waals surface area contributed by atoms with E-state index in [1.165, 1.54) is 24.2 Å². The number of hydrogen-bond acceptors (Lipinski definition) is 5. The van der Waals surface area contributed by atoms with E-state index in [0.717, 1.165) is 0 Å². The Kier molecular flexibility index (Phi) is 4.59. The minimum Gasteiger partial charge on any atom is -0.479 e. The minimum absolute atomic E-state index is 0.0326. The summed E-state index contributed by atoms with van der Waals surface area (Å²) in [6.07, 6.45) is 0.330. The molecule has 2 rings (SSSR count). The van der Waals surface area contributed by atoms with Gasteiger partial charge in [0.25, 0.3) is 5.91 Å². The Hall–Kier alpha value is -2.35. The molecule has 2 heterocycles. The molecule has 1 aromatic heterocycles. The molecule has 1 saturated heterocycles. The molecule has 0 radical (unpaired) electrons. The molecule has 1 aromatic rings. The third-order valence-corrected chi connectivity index (χ3v) is 3.12. The summed E-state index contributed by atoms with van der Waals surface area (Å²) in [5.41, 5.74) is 0. The molecule has 1 fully saturated rings. The van der Waals surface area contributed by atoms with Crippen molar-refractivity contribution >= 4 is 17.8 Å². The number of carboxylic acids is 1. The molecule has 1 aliphatic rings. The van der Waals surface area contributed by atoms with Crippen LogP contribution in [-0.2, 0) is 14.3 Å². The normalized spacial score (nSPS) is 19.9. The molecule has 2 unspecified atom stereocenters. The molecule has 8 nitrogen and oxygen atoms in total. The SMILES string of the molecule is CC(NC(=O)c1ccco1)C(=O)N1CCOC(C(=O)O)C1. The summed E-state index contributed by atoms with van der Waals surface area (Å²) in [6.45, 7) is 1.95. The molecule has 21 heavy (non-hydrogen) atoms. The zero-order valence-corrected chi connectivity index (χ0v) is 11.4. The Bertz CT molecular complexity index is 527. The molecule has 0 aliphatic carbocycles. The van der Waals surface area contributed by atoms with Gasteiger partial charge in [-0.25, -0.2) is 4.79 Å². The summed E-state index contributed by atoms with van der Waals surface area (Å²) in [4.78, 5) is 36.2. The fraction of sp³-hybridized carbons (Fsp3) is 0.462. The average molecular weight is 296 g/mol. The Balaban J connectivity index is 1.92. The van der Waals surface area contributed by atoms with Gasteiger partial charge in [0.05, 0.1) is 19.4 Å². The third-order valence-electron chi connectivity index (χ3n) is 3.12. The molecule has 1 aliphatic heterocycles. The summed E-state index contributed by atoms with van der Waals surface area (Å²) in [6, 6.07) is 2.28. The van der Waals surface area contributed by atoms with Gasteiger partial charge in [-0.1, -0.05) is 0 Å². The second-order valence-corrected chi connectivity index (χ2v) is 4.65. The summed E-state index contributed by atoms with van der Waals surface area (Å²) in [5, 5.41) is 11.4. The van der Waals surface area contributed by atoms with Gasteiger partial charge in [-0.3, -0.25) is 9.59 Å². The van der Waals surface area contributed by atoms with E-state index in [4.69, 9.17) is 14.3 Å². The van der Waals surface area contributed by atoms with Gasteiger partial charge in [0, 0.05) is 6.54 Å². The van der Waals surface area contributed by atoms with E-state index < -0.39 is 24.0 Å². The van der Waals surface area contributed by atoms with Crippen LogP contribution in [0.15, 0.2) is 22.8 Å². The zero-order chi connectivity index (χ0) is 15.4. The van der Waals surface area contributed by atoms with Crippen molar-refractivity contribution in [1.82, 2.24) is 10.2 Å². The van der Waals surface area contributed by atoms with Gasteiger partial charge >= 0.3 is 5.97 Å². The molecule has 0 saturated carbocycles. The maximum atomic E-state index is 12.2. The molecular weight excluding hydrogens is 280 g/mol. The lowest BCUT2D eigenvalue weighted by atomic mass is 10.2. The van der Waals surface area contributed by atoms with Gasteiger partial charge < -0.3 is 24.5 Å². The molecule has 2 amide bonds. The van der Waals surface area contributed by atoms with Crippen molar-refractivity contribution in [2.45, 2.75) is 19.1 Å². The van der Waals surface area contributed by atoms with Crippen LogP contribution in [0, 0.1) is 0 Å². The molecule has 0 bridgehead atoms. The number of ether oxygens (including phenoxy) is 1. The summed E-state index contributed by atoms with van der Waals surface area (Å²) < 4.78 is 9.98. The first-order valence-electron chi connectivity index (χ1n) is 6.46. The summed E-state index contributed by atoms with van der Waals surface area (Å²) in [5.74, 6) is -1.85. The topological polar surface area (TPSA) is 109 Å². The lowest BCUT2D eigenvalue weighted by Gasteiger charge is -2.32. The number of nitrogens with one attached hydrogen (secondary N) is 1. The fourth-order valence-electron chi connectivity index (χ4n) is 2.01. The highest BCUT2D eigenvalue weighted by molar-refractivity contribution is 5.95. The van der Waals surface area contributed by atoms with Crippen LogP contribution in [0.4, 0.5) is 0 Å². The Morgan fingerprint density at radius 2 is 2.24 bits per heavy atom. The van der Waals surface area contributed by atoms with Crippen molar-refractivity contribution in [3.05, 3.63) is 24.2 Å². The maximum Gasteiger partial charge on any atom is 0.334 e. The number of carboxylic acid groups (broad SMARTS) is 1. The van der Waals surface area contributed by atoms with Gasteiger partial charge in [0.2, 0.25) is 5.91 Å². The van der Waals surface area contributed by atoms with Crippen LogP contribution < -0.4 is 5.32 Å². The largest absolute Gasteiger partial charge is 0.479 e. The first-order chi connectivity index (χ1) is 9.99. The molecule has 114 valence electrons. The number of carbonyl (C=O) groups is 3. The van der Waals surface area contributed by atoms with Crippen LogP contribution in [0.25, 0.3) is 0 Å². The van der Waals surface area contributed by atoms with E-state index in [1.54, 1.807) is 6.07 Å². The average Bonchev–Trinajstić information content (AvgIpc) is 3.00. The third kappa shape index (κ3) is 3.60. The molecular formula is C13H16N2O6. The van der Waals surface area contributed by atoms with Crippen LogP contribution >= 0.6 is 0 Å². The number of amides is 2. The van der Waals surface area contributed by atoms with E-state index in [1.807, 2.05) is 0 Å². The number of nitrogens with zero attached hydrogens (tertiary/aromatic N) is 1. The van der Waals surface area contributed by atoms with Crippen LogP contribution in [-0.4, -0.2) is 59.6 Å². The quantitative estimate of drug-likeness (QED) is 0.790. The first-order valence-corrected chi connectivity index (χ1v) is 6.46. The Labute approximate surface area is 120 Å². The van der Waals surface area contributed by atoms with Gasteiger partial charge in [0.1, 0.15) is 6.04 Å². The number of hydrogen-bond donors (Lipinski definition) is 2. The van der Waals surface area contributed by atoms with E-state index in [9.17, 15) is 14.4 Å². The number of aliphatic carboxylic acids is 1. The Morgan fingerprint density at radius 1 is 1.48 bits per heavy atom. The van der Waals surface area contributed by atoms with E-state index >= 15 is 0 Å². The van der Waals surface area contributed by atoms with Gasteiger partial charge in [0.15, 0.2) is 11.9 Å². The van der Waals surface area contributed by atoms with Crippen LogP contribution in [0.5, 0.6) is 0 Å². The van der Waals surface area contributed by atoms with E-state index in [-0.39, 0.29) is 24.8 Å². The van der Waals surface area contributed by atoms with Crippen LogP contribution in [0.1, 0.15) is 17.5 Å². The van der Waals surface area contributed by atoms with E-state index in [0.29, 0.717) is 6.54 Å². The van der Waals surface area contributed by atoms with Crippen molar-refractivity contribution in [3.8, 4) is 0 Å². The standard InChI is InChI=1S/C13H16N2O6/c1-8(14-11(16)9-3-2-5-20-9)12(17)15-4-6-21-10(7-15)13(18)19/h2-3,5,8,10H,4,6-7H2,1H3,(H,14,16)(H,18,19). The van der Waals surface area contributed by atoms with Gasteiger partial charge in [-0.2, -0.15) is 0 Å². The van der Waals surface area contributed by atoms with Crippen molar-refractivity contribution in [2.24, 2.45) is 0 Å². The zero-order valence-electron chi connectivity index (χ0n) is 11.4. The fourth-order valence-corrected chi connectivity index (χ4v) is 2.01. The highest BCUT2D eigenvalue weighted by Gasteiger charge is 2.31. The molecule has 0 aromatic carbocycles. The maximum absolute atomic E-state index is 12.2. The van der Waals surface area contributed by atoms with Gasteiger partial charge in [-0.05, 0) is 19.1 Å². The monoisotopic (exact) mass is 296 g/mol. The molecule has 2 atom stereocenters. The second-order valence-electron chi connectivity index (χ2n) is 4.65. The van der Waals surface area contributed by atoms with Crippen LogP contribution in [0.3, 0.4) is 0 Å². The number of carbonyl (C=O) groups excluding carboxylic acids is 2. The highest BCUT2D eigenvalue weighted by atomic mass is 16.5. The molecule has 8 heteroatoms. The summed E-state index contributed by atoms with van der Waals surface area (Å²) in [7, 11) is 0. The number of rotatable bonds is 4. The summed E-state index contributed by atoms with van der Waals surface area (Å²) >= 11 is 0. The Morgan fingerprint density at radius 3 is 2.86 bits per heavy atom. The van der Waals surface area contributed by atoms with Crippen molar-refractivity contribution in [1.29, 1.82) is 0 Å². The minimum atomic E-state index is -1.11. The molecule has 2 N–H and O–H groups in total. The van der Waals surface area contributed by atoms with Crippen molar-refractivity contribution in [2.75, 3.05) is 19.7 Å². The lowest BCUT2D eigenvalue weighted by molar-refractivity contribution is -0.159. The van der Waals surface area contributed by atoms with Crippen molar-refractivity contribution < 1.29 is 28.6 Å². The predicted octanol–water partition coefficient (Wildman–Crippen LogP) is -0.290.